The second kappa shape index (κ2) is 6.04. The number of aliphatic hydroxyl groups is 1. The van der Waals surface area contributed by atoms with Gasteiger partial charge in [0.2, 0.25) is 0 Å². The highest BCUT2D eigenvalue weighted by Gasteiger charge is 2.35. The number of nitrogens with zero attached hydrogens (tertiary/aromatic N) is 5. The first-order chi connectivity index (χ1) is 11.7. The number of carbonyl (C=O) groups excluding carboxylic acids is 1. The Kier molecular flexibility index (Phi) is 3.73. The van der Waals surface area contributed by atoms with Gasteiger partial charge in [0, 0.05) is 25.1 Å². The van der Waals surface area contributed by atoms with Crippen molar-refractivity contribution in [3.63, 3.8) is 0 Å². The normalized spacial score (nSPS) is 23.6. The highest BCUT2D eigenvalue weighted by molar-refractivity contribution is 5.98. The molecule has 4 rings (SSSR count). The number of aromatic nitrogens is 5. The summed E-state index contributed by atoms with van der Waals surface area (Å²) in [6.45, 7) is 0.741. The Balaban J connectivity index is 1.44. The van der Waals surface area contributed by atoms with Crippen LogP contribution in [0.4, 0.5) is 0 Å². The molecule has 3 heterocycles. The van der Waals surface area contributed by atoms with Crippen LogP contribution in [0.25, 0.3) is 5.52 Å². The van der Waals surface area contributed by atoms with Crippen LogP contribution >= 0.6 is 0 Å². The Morgan fingerprint density at radius 2 is 2.21 bits per heavy atom. The van der Waals surface area contributed by atoms with E-state index < -0.39 is 6.10 Å². The van der Waals surface area contributed by atoms with Crippen LogP contribution in [0.3, 0.4) is 0 Å². The third kappa shape index (κ3) is 2.76. The summed E-state index contributed by atoms with van der Waals surface area (Å²) in [5, 5.41) is 25.2. The van der Waals surface area contributed by atoms with E-state index in [2.05, 4.69) is 20.7 Å². The molecule has 1 unspecified atom stereocenters. The summed E-state index contributed by atoms with van der Waals surface area (Å²) in [5.74, 6) is -0.0259. The van der Waals surface area contributed by atoms with Crippen LogP contribution in [0.1, 0.15) is 23.3 Å². The van der Waals surface area contributed by atoms with Gasteiger partial charge in [-0.1, -0.05) is 11.3 Å². The smallest absolute Gasteiger partial charge is 0.274 e. The van der Waals surface area contributed by atoms with E-state index in [0.29, 0.717) is 18.4 Å². The zero-order valence-corrected chi connectivity index (χ0v) is 13.0. The SMILES string of the molecule is O=C(N[C@@H]1CC(Cn2cccn2)C[C@H]1O)c1nnn2ccccc12. The van der Waals surface area contributed by atoms with Crippen LogP contribution in [0.2, 0.25) is 0 Å². The van der Waals surface area contributed by atoms with Crippen molar-refractivity contribution < 1.29 is 9.90 Å². The first kappa shape index (κ1) is 14.8. The Hall–Kier alpha value is -2.74. The monoisotopic (exact) mass is 326 g/mol. The van der Waals surface area contributed by atoms with Crippen molar-refractivity contribution in [3.8, 4) is 0 Å². The van der Waals surface area contributed by atoms with Gasteiger partial charge in [-0.25, -0.2) is 4.52 Å². The van der Waals surface area contributed by atoms with Crippen molar-refractivity contribution in [2.75, 3.05) is 0 Å². The fraction of sp³-hybridized carbons (Fsp3) is 0.375. The molecular formula is C16H18N6O2. The van der Waals surface area contributed by atoms with Crippen LogP contribution in [-0.2, 0) is 6.54 Å². The minimum Gasteiger partial charge on any atom is -0.391 e. The molecular weight excluding hydrogens is 308 g/mol. The maximum Gasteiger partial charge on any atom is 0.274 e. The fourth-order valence-electron chi connectivity index (χ4n) is 3.34. The maximum atomic E-state index is 12.5. The molecule has 8 heteroatoms. The predicted octanol–water partition coefficient (Wildman–Crippen LogP) is 0.495. The zero-order valence-electron chi connectivity index (χ0n) is 13.0. The van der Waals surface area contributed by atoms with Crippen LogP contribution in [0, 0.1) is 5.92 Å². The van der Waals surface area contributed by atoms with Gasteiger partial charge in [0.1, 0.15) is 0 Å². The van der Waals surface area contributed by atoms with Gasteiger partial charge in [-0.2, -0.15) is 5.10 Å². The summed E-state index contributed by atoms with van der Waals surface area (Å²) in [5.41, 5.74) is 0.925. The second-order valence-electron chi connectivity index (χ2n) is 6.18. The van der Waals surface area contributed by atoms with Crippen molar-refractivity contribution >= 4 is 11.4 Å². The predicted molar refractivity (Wildman–Crippen MR) is 85.2 cm³/mol. The van der Waals surface area contributed by atoms with E-state index in [1.807, 2.05) is 29.1 Å². The maximum absolute atomic E-state index is 12.5. The molecule has 3 aromatic heterocycles. The van der Waals surface area contributed by atoms with Crippen molar-refractivity contribution in [1.29, 1.82) is 0 Å². The van der Waals surface area contributed by atoms with Crippen molar-refractivity contribution in [1.82, 2.24) is 29.9 Å². The number of carbonyl (C=O) groups is 1. The van der Waals surface area contributed by atoms with Gasteiger partial charge in [0.15, 0.2) is 5.69 Å². The number of fused-ring (bicyclic) bond motifs is 1. The molecule has 0 radical (unpaired) electrons. The van der Waals surface area contributed by atoms with E-state index in [9.17, 15) is 9.90 Å². The molecule has 3 atom stereocenters. The molecule has 1 aliphatic carbocycles. The first-order valence-electron chi connectivity index (χ1n) is 7.97. The van der Waals surface area contributed by atoms with Gasteiger partial charge < -0.3 is 10.4 Å². The highest BCUT2D eigenvalue weighted by atomic mass is 16.3. The lowest BCUT2D eigenvalue weighted by Crippen LogP contribution is -2.40. The molecule has 1 amide bonds. The number of pyridine rings is 1. The fourth-order valence-corrected chi connectivity index (χ4v) is 3.34. The van der Waals surface area contributed by atoms with E-state index in [0.717, 1.165) is 6.54 Å². The molecule has 124 valence electrons. The summed E-state index contributed by atoms with van der Waals surface area (Å²) in [6.07, 6.45) is 6.18. The van der Waals surface area contributed by atoms with Crippen LogP contribution in [0.15, 0.2) is 42.9 Å². The van der Waals surface area contributed by atoms with E-state index in [1.54, 1.807) is 23.0 Å². The molecule has 0 bridgehead atoms. The zero-order chi connectivity index (χ0) is 16.5. The average molecular weight is 326 g/mol. The number of nitrogens with one attached hydrogen (secondary N) is 1. The number of hydrogen-bond acceptors (Lipinski definition) is 5. The Morgan fingerprint density at radius 3 is 3.04 bits per heavy atom. The summed E-state index contributed by atoms with van der Waals surface area (Å²) in [4.78, 5) is 12.5. The minimum atomic E-state index is -0.559. The second-order valence-corrected chi connectivity index (χ2v) is 6.18. The number of hydrogen-bond donors (Lipinski definition) is 2. The molecule has 3 aromatic rings. The van der Waals surface area contributed by atoms with Gasteiger partial charge in [-0.05, 0) is 37.0 Å². The van der Waals surface area contributed by atoms with Crippen molar-refractivity contribution in [2.45, 2.75) is 31.5 Å². The topological polar surface area (TPSA) is 97.3 Å². The van der Waals surface area contributed by atoms with E-state index in [4.69, 9.17) is 0 Å². The summed E-state index contributed by atoms with van der Waals surface area (Å²) < 4.78 is 3.41. The molecule has 0 aliphatic heterocycles. The lowest BCUT2D eigenvalue weighted by molar-refractivity contribution is 0.0869. The molecule has 0 spiro atoms. The molecule has 2 N–H and O–H groups in total. The Morgan fingerprint density at radius 1 is 1.29 bits per heavy atom. The van der Waals surface area contributed by atoms with E-state index in [-0.39, 0.29) is 23.6 Å². The molecule has 1 saturated carbocycles. The van der Waals surface area contributed by atoms with Gasteiger partial charge in [-0.3, -0.25) is 9.48 Å². The van der Waals surface area contributed by atoms with Crippen LogP contribution in [0.5, 0.6) is 0 Å². The Labute approximate surface area is 138 Å². The molecule has 1 aliphatic rings. The van der Waals surface area contributed by atoms with Crippen LogP contribution < -0.4 is 5.32 Å². The molecule has 0 saturated heterocycles. The van der Waals surface area contributed by atoms with Gasteiger partial charge >= 0.3 is 0 Å². The third-order valence-electron chi connectivity index (χ3n) is 4.49. The first-order valence-corrected chi connectivity index (χ1v) is 7.97. The number of rotatable bonds is 4. The summed E-state index contributed by atoms with van der Waals surface area (Å²) in [6, 6.07) is 7.05. The van der Waals surface area contributed by atoms with Crippen molar-refractivity contribution in [2.24, 2.45) is 5.92 Å². The van der Waals surface area contributed by atoms with Crippen LogP contribution in [-0.4, -0.2) is 47.8 Å². The highest BCUT2D eigenvalue weighted by Crippen LogP contribution is 2.27. The van der Waals surface area contributed by atoms with Gasteiger partial charge in [0.05, 0.1) is 17.7 Å². The van der Waals surface area contributed by atoms with Gasteiger partial charge in [0.25, 0.3) is 5.91 Å². The lowest BCUT2D eigenvalue weighted by atomic mass is 10.1. The van der Waals surface area contributed by atoms with E-state index >= 15 is 0 Å². The molecule has 0 aromatic carbocycles. The van der Waals surface area contributed by atoms with Crippen molar-refractivity contribution in [3.05, 3.63) is 48.5 Å². The minimum absolute atomic E-state index is 0.276. The van der Waals surface area contributed by atoms with E-state index in [1.165, 1.54) is 0 Å². The summed E-state index contributed by atoms with van der Waals surface area (Å²) >= 11 is 0. The Bertz CT molecular complexity index is 843. The third-order valence-corrected chi connectivity index (χ3v) is 4.49. The number of amides is 1. The molecule has 8 nitrogen and oxygen atoms in total. The number of aliphatic hydroxyl groups excluding tert-OH is 1. The molecule has 24 heavy (non-hydrogen) atoms. The largest absolute Gasteiger partial charge is 0.391 e. The average Bonchev–Trinajstić information content (AvgIpc) is 3.29. The lowest BCUT2D eigenvalue weighted by Gasteiger charge is -2.15. The molecule has 1 fully saturated rings. The standard InChI is InChI=1S/C16H18N6O2/c23-14-9-11(10-21-6-3-5-17-21)8-12(14)18-16(24)15-13-4-1-2-7-22(13)20-19-15/h1-7,11-12,14,23H,8-10H2,(H,18,24)/t11?,12-,14-/m1/s1. The van der Waals surface area contributed by atoms with Gasteiger partial charge in [-0.15, -0.1) is 5.10 Å². The quantitative estimate of drug-likeness (QED) is 0.727. The summed E-state index contributed by atoms with van der Waals surface area (Å²) in [7, 11) is 0.